The van der Waals surface area contributed by atoms with E-state index >= 15 is 0 Å². The van der Waals surface area contributed by atoms with Crippen molar-refractivity contribution in [2.45, 2.75) is 57.9 Å². The molecule has 5 N–H and O–H groups in total. The third-order valence-electron chi connectivity index (χ3n) is 4.71. The molecule has 10 nitrogen and oxygen atoms in total. The van der Waals surface area contributed by atoms with Crippen LogP contribution in [0.25, 0.3) is 17.1 Å². The van der Waals surface area contributed by atoms with E-state index in [2.05, 4.69) is 16.8 Å². The number of amides is 1. The van der Waals surface area contributed by atoms with Gasteiger partial charge in [-0.2, -0.15) is 26.3 Å². The highest BCUT2D eigenvalue weighted by Gasteiger charge is 2.38. The fraction of sp³-hybridized carbons (Fsp3) is 0.478. The summed E-state index contributed by atoms with van der Waals surface area (Å²) in [7, 11) is 1.95. The van der Waals surface area contributed by atoms with Gasteiger partial charge in [-0.05, 0) is 37.2 Å². The van der Waals surface area contributed by atoms with Crippen LogP contribution in [0.1, 0.15) is 44.0 Å². The first-order valence-corrected chi connectivity index (χ1v) is 11.4. The van der Waals surface area contributed by atoms with Crippen LogP contribution < -0.4 is 10.8 Å². The lowest BCUT2D eigenvalue weighted by Gasteiger charge is -2.09. The lowest BCUT2D eigenvalue weighted by atomic mass is 10.1. The fourth-order valence-electron chi connectivity index (χ4n) is 2.88. The minimum atomic E-state index is -5.08. The molecule has 0 aliphatic heterocycles. The van der Waals surface area contributed by atoms with E-state index in [9.17, 15) is 31.1 Å². The number of halogens is 6. The van der Waals surface area contributed by atoms with Crippen LogP contribution in [0.15, 0.2) is 24.3 Å². The molecule has 1 amide bonds. The molecule has 0 fully saturated rings. The van der Waals surface area contributed by atoms with E-state index in [1.165, 1.54) is 25.3 Å². The number of alkyl halides is 6. The van der Waals surface area contributed by atoms with Crippen LogP contribution in [0.3, 0.4) is 0 Å². The predicted molar refractivity (Wildman–Crippen MR) is 128 cm³/mol. The second-order valence-corrected chi connectivity index (χ2v) is 7.76. The lowest BCUT2D eigenvalue weighted by Crippen LogP contribution is -2.21. The van der Waals surface area contributed by atoms with Crippen molar-refractivity contribution in [3.63, 3.8) is 0 Å². The smallest absolute Gasteiger partial charge is 0.475 e. The predicted octanol–water partition coefficient (Wildman–Crippen LogP) is 4.16. The van der Waals surface area contributed by atoms with Crippen molar-refractivity contribution in [2.24, 2.45) is 0 Å². The molecule has 220 valence electrons. The van der Waals surface area contributed by atoms with Gasteiger partial charge in [0.1, 0.15) is 5.82 Å². The number of aryl methyl sites for hydroxylation is 1. The summed E-state index contributed by atoms with van der Waals surface area (Å²) in [5.41, 5.74) is 4.52. The molecule has 0 unspecified atom stereocenters. The molecule has 0 aliphatic rings. The molecule has 1 aromatic heterocycles. The zero-order chi connectivity index (χ0) is 30.2. The molecule has 0 atom stereocenters. The number of aromatic nitrogens is 2. The van der Waals surface area contributed by atoms with E-state index in [4.69, 9.17) is 30.0 Å². The van der Waals surface area contributed by atoms with Crippen LogP contribution in [0.2, 0.25) is 0 Å². The molecular weight excluding hydrogens is 542 g/mol. The number of carbonyl (C=O) groups is 3. The lowest BCUT2D eigenvalue weighted by molar-refractivity contribution is -0.193. The number of aliphatic carboxylic acids is 2. The van der Waals surface area contributed by atoms with Crippen molar-refractivity contribution in [2.75, 3.05) is 13.6 Å². The van der Waals surface area contributed by atoms with Gasteiger partial charge < -0.3 is 20.1 Å². The van der Waals surface area contributed by atoms with Crippen LogP contribution in [-0.2, 0) is 27.3 Å². The van der Waals surface area contributed by atoms with Gasteiger partial charge in [-0.25, -0.2) is 20.1 Å². The summed E-state index contributed by atoms with van der Waals surface area (Å²) in [6.07, 6.45) is -1.35. The number of fused-ring (bicyclic) bond motifs is 1. The Labute approximate surface area is 219 Å². The van der Waals surface area contributed by atoms with Gasteiger partial charge in [0, 0.05) is 25.6 Å². The standard InChI is InChI=1S/C19H28N4O2.2C2HF3O2/c1-3-4-5-6-7-18-21-16-14-15(9-11-19(24)22-25)8-10-17(16)23(18)13-12-20-2;2*3-2(4,5)1(6)7/h8-11,14,20,25H,3-7,12-13H2,1-2H3,(H,22,24);2*(H,6,7)/b11-9+;;. The first kappa shape index (κ1) is 35.3. The molecule has 16 heteroatoms. The first-order chi connectivity index (χ1) is 18.1. The van der Waals surface area contributed by atoms with Crippen molar-refractivity contribution < 1.29 is 56.1 Å². The third-order valence-corrected chi connectivity index (χ3v) is 4.71. The zero-order valence-electron chi connectivity index (χ0n) is 21.1. The number of hydrogen-bond donors (Lipinski definition) is 5. The molecule has 2 rings (SSSR count). The van der Waals surface area contributed by atoms with E-state index in [1.807, 2.05) is 25.2 Å². The Kier molecular flexibility index (Phi) is 15.4. The van der Waals surface area contributed by atoms with E-state index in [0.717, 1.165) is 48.4 Å². The highest BCUT2D eigenvalue weighted by Crippen LogP contribution is 2.20. The monoisotopic (exact) mass is 572 g/mol. The number of nitrogens with zero attached hydrogens (tertiary/aromatic N) is 2. The summed E-state index contributed by atoms with van der Waals surface area (Å²) >= 11 is 0. The largest absolute Gasteiger partial charge is 0.490 e. The number of hydrogen-bond acceptors (Lipinski definition) is 6. The Morgan fingerprint density at radius 2 is 1.56 bits per heavy atom. The summed E-state index contributed by atoms with van der Waals surface area (Å²) in [5.74, 6) is -4.94. The van der Waals surface area contributed by atoms with Crippen molar-refractivity contribution >= 4 is 35.0 Å². The maximum absolute atomic E-state index is 11.1. The Morgan fingerprint density at radius 3 is 2.03 bits per heavy atom. The van der Waals surface area contributed by atoms with Gasteiger partial charge >= 0.3 is 24.3 Å². The quantitative estimate of drug-likeness (QED) is 0.0935. The van der Waals surface area contributed by atoms with Crippen molar-refractivity contribution in [3.05, 3.63) is 35.7 Å². The van der Waals surface area contributed by atoms with Crippen LogP contribution in [0.5, 0.6) is 0 Å². The summed E-state index contributed by atoms with van der Waals surface area (Å²) in [6, 6.07) is 5.98. The SMILES string of the molecule is CCCCCCc1nc2cc(/C=C/C(=O)NO)ccc2n1CCNC.O=C(O)C(F)(F)F.O=C(O)C(F)(F)F. The molecule has 0 saturated carbocycles. The van der Waals surface area contributed by atoms with Crippen LogP contribution in [0.4, 0.5) is 26.3 Å². The van der Waals surface area contributed by atoms with Gasteiger partial charge in [0.15, 0.2) is 0 Å². The maximum atomic E-state index is 11.1. The average Bonchev–Trinajstić information content (AvgIpc) is 3.19. The van der Waals surface area contributed by atoms with E-state index in [1.54, 1.807) is 11.6 Å². The van der Waals surface area contributed by atoms with Crippen LogP contribution >= 0.6 is 0 Å². The molecule has 0 radical (unpaired) electrons. The van der Waals surface area contributed by atoms with E-state index in [-0.39, 0.29) is 0 Å². The molecule has 1 heterocycles. The number of carbonyl (C=O) groups excluding carboxylic acids is 1. The Hall–Kier alpha value is -3.66. The third kappa shape index (κ3) is 14.2. The number of carboxylic acid groups (broad SMARTS) is 2. The van der Waals surface area contributed by atoms with Gasteiger partial charge in [-0.3, -0.25) is 10.0 Å². The number of unbranched alkanes of at least 4 members (excludes halogenated alkanes) is 3. The second kappa shape index (κ2) is 17.0. The normalized spacial score (nSPS) is 11.4. The van der Waals surface area contributed by atoms with E-state index < -0.39 is 30.2 Å². The summed E-state index contributed by atoms with van der Waals surface area (Å²) < 4.78 is 65.8. The van der Waals surface area contributed by atoms with Crippen LogP contribution in [-0.4, -0.2) is 68.8 Å². The summed E-state index contributed by atoms with van der Waals surface area (Å²) in [6.45, 7) is 4.00. The number of benzene rings is 1. The number of likely N-dealkylation sites (N-methyl/N-ethyl adjacent to an activating group) is 1. The number of imidazole rings is 1. The highest BCUT2D eigenvalue weighted by molar-refractivity contribution is 5.91. The molecule has 39 heavy (non-hydrogen) atoms. The Morgan fingerprint density at radius 1 is 1.00 bits per heavy atom. The molecule has 0 bridgehead atoms. The minimum Gasteiger partial charge on any atom is -0.475 e. The number of rotatable bonds is 10. The maximum Gasteiger partial charge on any atom is 0.490 e. The van der Waals surface area contributed by atoms with Crippen molar-refractivity contribution in [1.82, 2.24) is 20.3 Å². The highest BCUT2D eigenvalue weighted by atomic mass is 19.4. The Bertz CT molecular complexity index is 1080. The number of hydroxylamine groups is 1. The zero-order valence-corrected chi connectivity index (χ0v) is 21.1. The fourth-order valence-corrected chi connectivity index (χ4v) is 2.88. The van der Waals surface area contributed by atoms with Gasteiger partial charge in [0.05, 0.1) is 11.0 Å². The molecule has 2 aromatic rings. The van der Waals surface area contributed by atoms with Gasteiger partial charge in [-0.1, -0.05) is 32.3 Å². The molecule has 0 spiro atoms. The topological polar surface area (TPSA) is 154 Å². The number of nitrogens with one attached hydrogen (secondary N) is 2. The van der Waals surface area contributed by atoms with Crippen LogP contribution in [0, 0.1) is 0 Å². The number of carboxylic acids is 2. The Balaban J connectivity index is 0.000000848. The van der Waals surface area contributed by atoms with Gasteiger partial charge in [0.2, 0.25) is 0 Å². The minimum absolute atomic E-state index is 0.545. The molecule has 0 aliphatic carbocycles. The first-order valence-electron chi connectivity index (χ1n) is 11.4. The van der Waals surface area contributed by atoms with Gasteiger partial charge in [-0.15, -0.1) is 0 Å². The second-order valence-electron chi connectivity index (χ2n) is 7.76. The molecular formula is C23H30F6N4O6. The van der Waals surface area contributed by atoms with Crippen molar-refractivity contribution in [3.8, 4) is 0 Å². The summed E-state index contributed by atoms with van der Waals surface area (Å²) in [5, 5.41) is 26.0. The van der Waals surface area contributed by atoms with E-state index in [0.29, 0.717) is 0 Å². The van der Waals surface area contributed by atoms with Gasteiger partial charge in [0.25, 0.3) is 5.91 Å². The van der Waals surface area contributed by atoms with Crippen molar-refractivity contribution in [1.29, 1.82) is 0 Å². The molecule has 1 aromatic carbocycles. The average molecular weight is 573 g/mol. The summed E-state index contributed by atoms with van der Waals surface area (Å²) in [4.78, 5) is 33.7. The molecule has 0 saturated heterocycles.